The number of benzene rings is 1. The number of nitrogens with two attached hydrogens (primary N) is 1. The van der Waals surface area contributed by atoms with Crippen LogP contribution in [0.15, 0.2) is 54.7 Å². The molecule has 0 fully saturated rings. The first-order valence-electron chi connectivity index (χ1n) is 8.80. The van der Waals surface area contributed by atoms with Crippen LogP contribution in [0.2, 0.25) is 0 Å². The fourth-order valence-electron chi connectivity index (χ4n) is 2.98. The van der Waals surface area contributed by atoms with Gasteiger partial charge in [0.15, 0.2) is 11.5 Å². The molecule has 0 atom stereocenters. The van der Waals surface area contributed by atoms with E-state index in [1.807, 2.05) is 34.9 Å². The van der Waals surface area contributed by atoms with E-state index >= 15 is 0 Å². The van der Waals surface area contributed by atoms with Gasteiger partial charge in [0, 0.05) is 18.8 Å². The number of ether oxygens (including phenoxy) is 1. The van der Waals surface area contributed by atoms with E-state index in [1.165, 1.54) is 6.92 Å². The van der Waals surface area contributed by atoms with Crippen LogP contribution in [0.1, 0.15) is 18.2 Å². The fourth-order valence-corrected chi connectivity index (χ4v) is 2.98. The molecule has 0 saturated carbocycles. The zero-order chi connectivity index (χ0) is 20.4. The fraction of sp³-hybridized carbons (Fsp3) is 0.0952. The van der Waals surface area contributed by atoms with Crippen LogP contribution in [0.4, 0.5) is 5.82 Å². The monoisotopic (exact) mass is 384 g/mol. The molecular formula is C21H16N6O2. The molecule has 0 saturated heterocycles. The van der Waals surface area contributed by atoms with E-state index in [4.69, 9.17) is 10.5 Å². The van der Waals surface area contributed by atoms with Crippen molar-refractivity contribution < 1.29 is 9.53 Å². The topological polar surface area (TPSA) is 120 Å². The molecule has 0 bridgehead atoms. The third-order valence-corrected chi connectivity index (χ3v) is 4.34. The lowest BCUT2D eigenvalue weighted by atomic mass is 10.2. The average molecular weight is 384 g/mol. The molecule has 1 aromatic carbocycles. The predicted molar refractivity (Wildman–Crippen MR) is 107 cm³/mol. The lowest BCUT2D eigenvalue weighted by molar-refractivity contribution is -0.142. The van der Waals surface area contributed by atoms with Crippen molar-refractivity contribution in [3.8, 4) is 23.1 Å². The number of fused-ring (bicyclic) bond motifs is 1. The molecule has 0 aliphatic carbocycles. The number of rotatable bonds is 4. The normalized spacial score (nSPS) is 10.6. The van der Waals surface area contributed by atoms with Gasteiger partial charge in [-0.15, -0.1) is 0 Å². The van der Waals surface area contributed by atoms with Gasteiger partial charge in [0.05, 0.1) is 5.56 Å². The van der Waals surface area contributed by atoms with Crippen molar-refractivity contribution in [2.45, 2.75) is 13.5 Å². The van der Waals surface area contributed by atoms with Gasteiger partial charge in [0.1, 0.15) is 29.7 Å². The van der Waals surface area contributed by atoms with Gasteiger partial charge in [-0.05, 0) is 42.0 Å². The van der Waals surface area contributed by atoms with Crippen LogP contribution >= 0.6 is 0 Å². The second-order valence-electron chi connectivity index (χ2n) is 6.30. The molecule has 3 heterocycles. The van der Waals surface area contributed by atoms with Crippen molar-refractivity contribution in [2.75, 3.05) is 5.73 Å². The Bertz CT molecular complexity index is 1250. The number of hydrogen-bond donors (Lipinski definition) is 1. The van der Waals surface area contributed by atoms with E-state index in [-0.39, 0.29) is 18.3 Å². The van der Waals surface area contributed by atoms with Crippen molar-refractivity contribution in [1.82, 2.24) is 19.5 Å². The van der Waals surface area contributed by atoms with Gasteiger partial charge in [0.2, 0.25) is 0 Å². The second kappa shape index (κ2) is 7.40. The summed E-state index contributed by atoms with van der Waals surface area (Å²) in [6, 6.07) is 16.5. The molecule has 0 amide bonds. The van der Waals surface area contributed by atoms with E-state index in [2.05, 4.69) is 21.0 Å². The number of pyridine rings is 2. The Morgan fingerprint density at radius 3 is 2.66 bits per heavy atom. The lowest BCUT2D eigenvalue weighted by Gasteiger charge is -2.11. The minimum Gasteiger partial charge on any atom is -0.461 e. The number of nitrogens with zero attached hydrogens (tertiary/aromatic N) is 5. The molecule has 4 rings (SSSR count). The summed E-state index contributed by atoms with van der Waals surface area (Å²) in [6.45, 7) is 1.56. The number of aromatic nitrogens is 4. The quantitative estimate of drug-likeness (QED) is 0.537. The molecule has 4 aromatic rings. The molecule has 0 aliphatic heterocycles. The molecule has 142 valence electrons. The van der Waals surface area contributed by atoms with E-state index in [9.17, 15) is 10.1 Å². The first kappa shape index (κ1) is 18.1. The van der Waals surface area contributed by atoms with Crippen LogP contribution in [0, 0.1) is 11.3 Å². The SMILES string of the molecule is CC(=O)OCc1ccc(-n2c(-c3cccnc3N)nc3ccc(C#N)nc32)cc1. The molecule has 2 N–H and O–H groups in total. The van der Waals surface area contributed by atoms with Gasteiger partial charge in [-0.2, -0.15) is 5.26 Å². The maximum absolute atomic E-state index is 11.0. The molecular weight excluding hydrogens is 368 g/mol. The summed E-state index contributed by atoms with van der Waals surface area (Å²) < 4.78 is 6.87. The molecule has 8 heteroatoms. The zero-order valence-corrected chi connectivity index (χ0v) is 15.5. The zero-order valence-electron chi connectivity index (χ0n) is 15.5. The van der Waals surface area contributed by atoms with E-state index < -0.39 is 0 Å². The van der Waals surface area contributed by atoms with Gasteiger partial charge >= 0.3 is 5.97 Å². The highest BCUT2D eigenvalue weighted by Crippen LogP contribution is 2.30. The van der Waals surface area contributed by atoms with Crippen molar-refractivity contribution in [2.24, 2.45) is 0 Å². The van der Waals surface area contributed by atoms with Crippen LogP contribution in [-0.4, -0.2) is 25.5 Å². The number of carbonyl (C=O) groups is 1. The summed E-state index contributed by atoms with van der Waals surface area (Å²) in [6.07, 6.45) is 1.61. The highest BCUT2D eigenvalue weighted by Gasteiger charge is 2.18. The average Bonchev–Trinajstić information content (AvgIpc) is 3.11. The van der Waals surface area contributed by atoms with Gasteiger partial charge < -0.3 is 10.5 Å². The predicted octanol–water partition coefficient (Wildman–Crippen LogP) is 3.00. The van der Waals surface area contributed by atoms with Crippen LogP contribution in [0.5, 0.6) is 0 Å². The number of anilines is 1. The van der Waals surface area contributed by atoms with Crippen molar-refractivity contribution in [1.29, 1.82) is 5.26 Å². The molecule has 0 aliphatic rings. The Morgan fingerprint density at radius 2 is 1.97 bits per heavy atom. The molecule has 0 unspecified atom stereocenters. The van der Waals surface area contributed by atoms with Crippen LogP contribution in [-0.2, 0) is 16.1 Å². The standard InChI is InChI=1S/C21H16N6O2/c1-13(28)29-12-14-4-7-16(8-5-14)27-20(17-3-2-10-24-19(17)23)26-18-9-6-15(11-22)25-21(18)27/h2-10H,12H2,1H3,(H2,23,24). The van der Waals surface area contributed by atoms with Crippen LogP contribution in [0.3, 0.4) is 0 Å². The van der Waals surface area contributed by atoms with Crippen LogP contribution < -0.4 is 5.73 Å². The highest BCUT2D eigenvalue weighted by molar-refractivity contribution is 5.83. The minimum absolute atomic E-state index is 0.194. The number of nitriles is 1. The Labute approximate surface area is 166 Å². The number of carbonyl (C=O) groups excluding carboxylic acids is 1. The summed E-state index contributed by atoms with van der Waals surface area (Å²) in [5.41, 5.74) is 9.83. The molecule has 29 heavy (non-hydrogen) atoms. The van der Waals surface area contributed by atoms with Crippen molar-refractivity contribution in [3.63, 3.8) is 0 Å². The Kier molecular flexibility index (Phi) is 4.63. The number of esters is 1. The summed E-state index contributed by atoms with van der Waals surface area (Å²) in [5.74, 6) is 0.578. The largest absolute Gasteiger partial charge is 0.461 e. The van der Waals surface area contributed by atoms with Gasteiger partial charge in [-0.1, -0.05) is 12.1 Å². The molecule has 0 spiro atoms. The van der Waals surface area contributed by atoms with Crippen LogP contribution in [0.25, 0.3) is 28.2 Å². The van der Waals surface area contributed by atoms with Crippen molar-refractivity contribution in [3.05, 3.63) is 66.0 Å². The summed E-state index contributed by atoms with van der Waals surface area (Å²) in [4.78, 5) is 24.3. The summed E-state index contributed by atoms with van der Waals surface area (Å²) in [5, 5.41) is 9.25. The lowest BCUT2D eigenvalue weighted by Crippen LogP contribution is -2.03. The third-order valence-electron chi connectivity index (χ3n) is 4.34. The summed E-state index contributed by atoms with van der Waals surface area (Å²) in [7, 11) is 0. The minimum atomic E-state index is -0.336. The molecule has 3 aromatic heterocycles. The van der Waals surface area contributed by atoms with Gasteiger partial charge in [-0.3, -0.25) is 9.36 Å². The number of imidazole rings is 1. The van der Waals surface area contributed by atoms with E-state index in [0.717, 1.165) is 11.3 Å². The molecule has 8 nitrogen and oxygen atoms in total. The Balaban J connectivity index is 1.89. The van der Waals surface area contributed by atoms with E-state index in [0.29, 0.717) is 28.4 Å². The van der Waals surface area contributed by atoms with E-state index in [1.54, 1.807) is 24.4 Å². The Morgan fingerprint density at radius 1 is 1.17 bits per heavy atom. The van der Waals surface area contributed by atoms with Gasteiger partial charge in [-0.25, -0.2) is 15.0 Å². The Hall–Kier alpha value is -4.25. The maximum atomic E-state index is 11.0. The third kappa shape index (κ3) is 3.49. The van der Waals surface area contributed by atoms with Crippen molar-refractivity contribution >= 4 is 23.0 Å². The number of hydrogen-bond acceptors (Lipinski definition) is 7. The maximum Gasteiger partial charge on any atom is 0.302 e. The number of nitrogen functional groups attached to an aromatic ring is 1. The summed E-state index contributed by atoms with van der Waals surface area (Å²) >= 11 is 0. The first-order chi connectivity index (χ1) is 14.1. The van der Waals surface area contributed by atoms with Gasteiger partial charge in [0.25, 0.3) is 0 Å². The highest BCUT2D eigenvalue weighted by atomic mass is 16.5. The smallest absolute Gasteiger partial charge is 0.302 e. The molecule has 0 radical (unpaired) electrons. The first-order valence-corrected chi connectivity index (χ1v) is 8.80. The second-order valence-corrected chi connectivity index (χ2v) is 6.30.